The quantitative estimate of drug-likeness (QED) is 0.702. The second-order valence-corrected chi connectivity index (χ2v) is 4.52. The number of carbonyl (C=O) groups is 1. The number of rotatable bonds is 5. The summed E-state index contributed by atoms with van der Waals surface area (Å²) in [6.45, 7) is 6.38. The van der Waals surface area contributed by atoms with E-state index in [0.29, 0.717) is 6.61 Å². The van der Waals surface area contributed by atoms with Crippen molar-refractivity contribution in [2.75, 3.05) is 26.8 Å². The lowest BCUT2D eigenvalue weighted by atomic mass is 9.88. The summed E-state index contributed by atoms with van der Waals surface area (Å²) in [6, 6.07) is 0.139. The molecule has 0 aromatic heterocycles. The molecule has 4 heteroatoms. The Morgan fingerprint density at radius 3 is 2.87 bits per heavy atom. The highest BCUT2D eigenvalue weighted by Crippen LogP contribution is 2.24. The van der Waals surface area contributed by atoms with Gasteiger partial charge >= 0.3 is 0 Å². The van der Waals surface area contributed by atoms with Gasteiger partial charge in [-0.05, 0) is 26.3 Å². The number of hydrogen-bond acceptors (Lipinski definition) is 3. The van der Waals surface area contributed by atoms with Crippen molar-refractivity contribution < 1.29 is 9.53 Å². The minimum absolute atomic E-state index is 0.139. The summed E-state index contributed by atoms with van der Waals surface area (Å²) in [4.78, 5) is 12.0. The van der Waals surface area contributed by atoms with Crippen molar-refractivity contribution in [2.45, 2.75) is 32.7 Å². The smallest absolute Gasteiger partial charge is 0.227 e. The van der Waals surface area contributed by atoms with E-state index >= 15 is 0 Å². The number of nitrogens with one attached hydrogen (secondary N) is 2. The van der Waals surface area contributed by atoms with E-state index in [-0.39, 0.29) is 17.4 Å². The molecule has 1 aliphatic heterocycles. The van der Waals surface area contributed by atoms with Crippen LogP contribution in [0.1, 0.15) is 26.7 Å². The fourth-order valence-corrected chi connectivity index (χ4v) is 1.83. The molecule has 1 heterocycles. The number of methoxy groups -OCH3 is 1. The average molecular weight is 214 g/mol. The SMILES string of the molecule is CCC(COC)NC(=O)C1(C)CCNC1. The van der Waals surface area contributed by atoms with Crippen LogP contribution in [0.15, 0.2) is 0 Å². The summed E-state index contributed by atoms with van der Waals surface area (Å²) in [5.41, 5.74) is -0.235. The van der Waals surface area contributed by atoms with Crippen LogP contribution in [0.4, 0.5) is 0 Å². The molecule has 2 N–H and O–H groups in total. The molecule has 0 bridgehead atoms. The fourth-order valence-electron chi connectivity index (χ4n) is 1.83. The predicted octanol–water partition coefficient (Wildman–Crippen LogP) is 0.527. The van der Waals surface area contributed by atoms with E-state index in [0.717, 1.165) is 25.9 Å². The Hall–Kier alpha value is -0.610. The standard InChI is InChI=1S/C11H22N2O2/c1-4-9(7-15-3)13-10(14)11(2)5-6-12-8-11/h9,12H,4-8H2,1-3H3,(H,13,14). The topological polar surface area (TPSA) is 50.4 Å². The van der Waals surface area contributed by atoms with Gasteiger partial charge in [0.25, 0.3) is 0 Å². The molecular weight excluding hydrogens is 192 g/mol. The van der Waals surface area contributed by atoms with Gasteiger partial charge in [0.05, 0.1) is 18.1 Å². The summed E-state index contributed by atoms with van der Waals surface area (Å²) in [5.74, 6) is 0.149. The van der Waals surface area contributed by atoms with Gasteiger partial charge < -0.3 is 15.4 Å². The molecule has 0 saturated carbocycles. The van der Waals surface area contributed by atoms with Gasteiger partial charge in [-0.3, -0.25) is 4.79 Å². The predicted molar refractivity (Wildman–Crippen MR) is 59.7 cm³/mol. The average Bonchev–Trinajstić information content (AvgIpc) is 2.65. The van der Waals surface area contributed by atoms with Crippen LogP contribution < -0.4 is 10.6 Å². The van der Waals surface area contributed by atoms with Gasteiger partial charge in [0.2, 0.25) is 5.91 Å². The Kier molecular flexibility index (Phi) is 4.54. The van der Waals surface area contributed by atoms with E-state index in [2.05, 4.69) is 17.6 Å². The zero-order valence-corrected chi connectivity index (χ0v) is 9.93. The van der Waals surface area contributed by atoms with E-state index in [1.165, 1.54) is 0 Å². The first-order chi connectivity index (χ1) is 7.12. The van der Waals surface area contributed by atoms with E-state index in [9.17, 15) is 4.79 Å². The lowest BCUT2D eigenvalue weighted by Gasteiger charge is -2.25. The van der Waals surface area contributed by atoms with Gasteiger partial charge in [0.15, 0.2) is 0 Å². The molecule has 15 heavy (non-hydrogen) atoms. The summed E-state index contributed by atoms with van der Waals surface area (Å²) < 4.78 is 5.06. The molecule has 1 aliphatic rings. The van der Waals surface area contributed by atoms with Gasteiger partial charge in [-0.25, -0.2) is 0 Å². The zero-order valence-electron chi connectivity index (χ0n) is 9.93. The van der Waals surface area contributed by atoms with Gasteiger partial charge in [-0.2, -0.15) is 0 Å². The highest BCUT2D eigenvalue weighted by atomic mass is 16.5. The normalized spacial score (nSPS) is 27.7. The van der Waals surface area contributed by atoms with Crippen molar-refractivity contribution in [2.24, 2.45) is 5.41 Å². The van der Waals surface area contributed by atoms with Crippen molar-refractivity contribution in [1.29, 1.82) is 0 Å². The molecule has 2 atom stereocenters. The van der Waals surface area contributed by atoms with Crippen LogP contribution in [0.3, 0.4) is 0 Å². The first-order valence-corrected chi connectivity index (χ1v) is 5.63. The lowest BCUT2D eigenvalue weighted by molar-refractivity contribution is -0.130. The van der Waals surface area contributed by atoms with E-state index in [1.807, 2.05) is 6.92 Å². The Balaban J connectivity index is 2.45. The molecule has 0 aromatic carbocycles. The Morgan fingerprint density at radius 1 is 1.67 bits per heavy atom. The summed E-state index contributed by atoms with van der Waals surface area (Å²) in [5, 5.41) is 6.27. The van der Waals surface area contributed by atoms with E-state index < -0.39 is 0 Å². The number of hydrogen-bond donors (Lipinski definition) is 2. The monoisotopic (exact) mass is 214 g/mol. The second-order valence-electron chi connectivity index (χ2n) is 4.52. The minimum atomic E-state index is -0.235. The third-order valence-electron chi connectivity index (χ3n) is 3.11. The molecule has 2 unspecified atom stereocenters. The second kappa shape index (κ2) is 5.47. The Morgan fingerprint density at radius 2 is 2.40 bits per heavy atom. The fraction of sp³-hybridized carbons (Fsp3) is 0.909. The highest BCUT2D eigenvalue weighted by molar-refractivity contribution is 5.83. The third-order valence-corrected chi connectivity index (χ3v) is 3.11. The zero-order chi connectivity index (χ0) is 11.3. The molecule has 1 saturated heterocycles. The Labute approximate surface area is 91.8 Å². The first kappa shape index (κ1) is 12.5. The summed E-state index contributed by atoms with van der Waals surface area (Å²) in [6.07, 6.45) is 1.82. The van der Waals surface area contributed by atoms with Crippen LogP contribution in [0.25, 0.3) is 0 Å². The highest BCUT2D eigenvalue weighted by Gasteiger charge is 2.36. The molecule has 0 aliphatic carbocycles. The molecule has 0 spiro atoms. The first-order valence-electron chi connectivity index (χ1n) is 5.63. The van der Waals surface area contributed by atoms with Crippen molar-refractivity contribution in [3.05, 3.63) is 0 Å². The third kappa shape index (κ3) is 3.18. The molecule has 0 aromatic rings. The van der Waals surface area contributed by atoms with E-state index in [4.69, 9.17) is 4.74 Å². The minimum Gasteiger partial charge on any atom is -0.383 e. The number of carbonyl (C=O) groups excluding carboxylic acids is 1. The maximum atomic E-state index is 12.0. The van der Waals surface area contributed by atoms with Gasteiger partial charge in [0, 0.05) is 13.7 Å². The number of ether oxygens (including phenoxy) is 1. The molecule has 4 nitrogen and oxygen atoms in total. The van der Waals surface area contributed by atoms with Gasteiger partial charge in [-0.1, -0.05) is 6.92 Å². The van der Waals surface area contributed by atoms with Crippen LogP contribution in [0, 0.1) is 5.41 Å². The molecule has 1 rings (SSSR count). The molecule has 0 radical (unpaired) electrons. The molecular formula is C11H22N2O2. The molecule has 88 valence electrons. The maximum absolute atomic E-state index is 12.0. The van der Waals surface area contributed by atoms with Crippen LogP contribution in [-0.2, 0) is 9.53 Å². The van der Waals surface area contributed by atoms with Crippen LogP contribution >= 0.6 is 0 Å². The van der Waals surface area contributed by atoms with Crippen LogP contribution in [0.2, 0.25) is 0 Å². The largest absolute Gasteiger partial charge is 0.383 e. The van der Waals surface area contributed by atoms with Crippen LogP contribution in [0.5, 0.6) is 0 Å². The van der Waals surface area contributed by atoms with Gasteiger partial charge in [0.1, 0.15) is 0 Å². The summed E-state index contributed by atoms with van der Waals surface area (Å²) in [7, 11) is 1.66. The molecule has 1 fully saturated rings. The van der Waals surface area contributed by atoms with Crippen molar-refractivity contribution in [3.63, 3.8) is 0 Å². The maximum Gasteiger partial charge on any atom is 0.227 e. The van der Waals surface area contributed by atoms with Crippen molar-refractivity contribution in [1.82, 2.24) is 10.6 Å². The van der Waals surface area contributed by atoms with Crippen LogP contribution in [-0.4, -0.2) is 38.8 Å². The molecule has 1 amide bonds. The lowest BCUT2D eigenvalue weighted by Crippen LogP contribution is -2.46. The Bertz CT molecular complexity index is 213. The van der Waals surface area contributed by atoms with Crippen molar-refractivity contribution >= 4 is 5.91 Å². The summed E-state index contributed by atoms with van der Waals surface area (Å²) >= 11 is 0. The number of amides is 1. The van der Waals surface area contributed by atoms with Crippen molar-refractivity contribution in [3.8, 4) is 0 Å². The van der Waals surface area contributed by atoms with Gasteiger partial charge in [-0.15, -0.1) is 0 Å². The van der Waals surface area contributed by atoms with E-state index in [1.54, 1.807) is 7.11 Å².